The van der Waals surface area contributed by atoms with Crippen molar-refractivity contribution in [3.8, 4) is 5.75 Å². The Morgan fingerprint density at radius 3 is 2.20 bits per heavy atom. The van der Waals surface area contributed by atoms with Crippen molar-refractivity contribution in [3.63, 3.8) is 0 Å². The van der Waals surface area contributed by atoms with Crippen molar-refractivity contribution in [3.05, 3.63) is 23.3 Å². The molecule has 0 bridgehead atoms. The van der Waals surface area contributed by atoms with E-state index in [1.807, 2.05) is 0 Å². The Bertz CT molecular complexity index is 393. The van der Waals surface area contributed by atoms with Gasteiger partial charge in [-0.25, -0.2) is 0 Å². The van der Waals surface area contributed by atoms with Crippen LogP contribution in [-0.2, 0) is 0 Å². The first-order valence-electron chi connectivity index (χ1n) is 3.80. The first kappa shape index (κ1) is 11.6. The van der Waals surface area contributed by atoms with Crippen LogP contribution in [0.25, 0.3) is 0 Å². The normalized spacial score (nSPS) is 10.1. The lowest BCUT2D eigenvalue weighted by atomic mass is 10.1. The molecule has 0 unspecified atom stereocenters. The number of alkyl halides is 2. The molecule has 0 heterocycles. The number of hydrogen-bond acceptors (Lipinski definition) is 4. The summed E-state index contributed by atoms with van der Waals surface area (Å²) >= 11 is 3.85. The SMILES string of the molecule is O=Cc1cc(S)c(OC(F)F)cc1C=O. The summed E-state index contributed by atoms with van der Waals surface area (Å²) in [5.41, 5.74) is 0.0649. The van der Waals surface area contributed by atoms with Gasteiger partial charge in [-0.2, -0.15) is 8.78 Å². The molecule has 0 aromatic heterocycles. The number of aldehydes is 2. The number of rotatable bonds is 4. The number of hydrogen-bond donors (Lipinski definition) is 1. The van der Waals surface area contributed by atoms with Gasteiger partial charge in [0.2, 0.25) is 0 Å². The van der Waals surface area contributed by atoms with Gasteiger partial charge in [0.05, 0.1) is 0 Å². The summed E-state index contributed by atoms with van der Waals surface area (Å²) in [6, 6.07) is 2.24. The molecule has 0 amide bonds. The Balaban J connectivity index is 3.19. The smallest absolute Gasteiger partial charge is 0.387 e. The third-order valence-electron chi connectivity index (χ3n) is 1.63. The van der Waals surface area contributed by atoms with Gasteiger partial charge in [-0.05, 0) is 12.1 Å². The minimum absolute atomic E-state index is 0.0153. The van der Waals surface area contributed by atoms with Crippen LogP contribution in [-0.4, -0.2) is 19.2 Å². The van der Waals surface area contributed by atoms with Gasteiger partial charge in [0, 0.05) is 16.0 Å². The van der Waals surface area contributed by atoms with Crippen LogP contribution in [0.1, 0.15) is 20.7 Å². The van der Waals surface area contributed by atoms with Crippen molar-refractivity contribution in [1.82, 2.24) is 0 Å². The summed E-state index contributed by atoms with van der Waals surface area (Å²) in [6.07, 6.45) is 0.824. The Morgan fingerprint density at radius 1 is 1.20 bits per heavy atom. The van der Waals surface area contributed by atoms with E-state index in [2.05, 4.69) is 17.4 Å². The summed E-state index contributed by atoms with van der Waals surface area (Å²) in [4.78, 5) is 21.1. The number of carbonyl (C=O) groups is 2. The molecule has 0 saturated carbocycles. The molecule has 1 aromatic carbocycles. The van der Waals surface area contributed by atoms with E-state index in [0.717, 1.165) is 6.07 Å². The fourth-order valence-electron chi connectivity index (χ4n) is 0.995. The molecule has 1 aromatic rings. The maximum Gasteiger partial charge on any atom is 0.387 e. The van der Waals surface area contributed by atoms with Crippen LogP contribution in [0.4, 0.5) is 8.78 Å². The van der Waals surface area contributed by atoms with E-state index < -0.39 is 6.61 Å². The predicted octanol–water partition coefficient (Wildman–Crippen LogP) is 2.20. The molecular formula is C9H6F2O3S. The predicted molar refractivity (Wildman–Crippen MR) is 51.1 cm³/mol. The van der Waals surface area contributed by atoms with E-state index in [4.69, 9.17) is 0 Å². The highest BCUT2D eigenvalue weighted by Crippen LogP contribution is 2.27. The highest BCUT2D eigenvalue weighted by Gasteiger charge is 2.11. The highest BCUT2D eigenvalue weighted by molar-refractivity contribution is 7.80. The first-order valence-corrected chi connectivity index (χ1v) is 4.25. The Morgan fingerprint density at radius 2 is 1.73 bits per heavy atom. The second-order valence-corrected chi connectivity index (χ2v) is 3.04. The molecule has 0 saturated heterocycles. The molecular weight excluding hydrogens is 226 g/mol. The van der Waals surface area contributed by atoms with Gasteiger partial charge in [-0.15, -0.1) is 12.6 Å². The number of benzene rings is 1. The Labute approximate surface area is 89.4 Å². The lowest BCUT2D eigenvalue weighted by molar-refractivity contribution is -0.0516. The molecule has 0 aliphatic carbocycles. The quantitative estimate of drug-likeness (QED) is 0.639. The van der Waals surface area contributed by atoms with E-state index in [1.54, 1.807) is 0 Å². The van der Waals surface area contributed by atoms with Crippen LogP contribution < -0.4 is 4.74 Å². The van der Waals surface area contributed by atoms with Crippen LogP contribution in [0.3, 0.4) is 0 Å². The van der Waals surface area contributed by atoms with Crippen LogP contribution in [0.5, 0.6) is 5.75 Å². The van der Waals surface area contributed by atoms with Gasteiger partial charge in [-0.1, -0.05) is 0 Å². The molecule has 6 heteroatoms. The van der Waals surface area contributed by atoms with Crippen molar-refractivity contribution in [2.45, 2.75) is 11.5 Å². The topological polar surface area (TPSA) is 43.4 Å². The largest absolute Gasteiger partial charge is 0.434 e. The highest BCUT2D eigenvalue weighted by atomic mass is 32.1. The van der Waals surface area contributed by atoms with E-state index in [0.29, 0.717) is 12.6 Å². The second-order valence-electron chi connectivity index (χ2n) is 2.56. The van der Waals surface area contributed by atoms with E-state index >= 15 is 0 Å². The molecule has 80 valence electrons. The maximum atomic E-state index is 11.9. The fraction of sp³-hybridized carbons (Fsp3) is 0.111. The Kier molecular flexibility index (Phi) is 3.79. The number of ether oxygens (including phenoxy) is 1. The minimum atomic E-state index is -3.00. The Hall–Kier alpha value is -1.43. The molecule has 0 N–H and O–H groups in total. The van der Waals surface area contributed by atoms with Crippen molar-refractivity contribution < 1.29 is 23.1 Å². The summed E-state index contributed by atoms with van der Waals surface area (Å²) in [6.45, 7) is -3.00. The zero-order chi connectivity index (χ0) is 11.4. The van der Waals surface area contributed by atoms with E-state index in [9.17, 15) is 18.4 Å². The van der Waals surface area contributed by atoms with Crippen LogP contribution in [0.15, 0.2) is 17.0 Å². The summed E-state index contributed by atoms with van der Waals surface area (Å²) < 4.78 is 27.9. The average Bonchev–Trinajstić information content (AvgIpc) is 2.19. The lowest BCUT2D eigenvalue weighted by Crippen LogP contribution is -2.04. The number of thiol groups is 1. The van der Waals surface area contributed by atoms with Crippen LogP contribution in [0, 0.1) is 0 Å². The lowest BCUT2D eigenvalue weighted by Gasteiger charge is -2.08. The minimum Gasteiger partial charge on any atom is -0.434 e. The fourth-order valence-corrected chi connectivity index (χ4v) is 1.25. The third-order valence-corrected chi connectivity index (χ3v) is 1.98. The average molecular weight is 232 g/mol. The van der Waals surface area contributed by atoms with Gasteiger partial charge < -0.3 is 4.74 Å². The van der Waals surface area contributed by atoms with Crippen molar-refractivity contribution in [1.29, 1.82) is 0 Å². The summed E-state index contributed by atoms with van der Waals surface area (Å²) in [7, 11) is 0. The molecule has 0 radical (unpaired) electrons. The van der Waals surface area contributed by atoms with Crippen LogP contribution in [0.2, 0.25) is 0 Å². The first-order chi connectivity index (χ1) is 7.08. The summed E-state index contributed by atoms with van der Waals surface area (Å²) in [5.74, 6) is -0.235. The monoisotopic (exact) mass is 232 g/mol. The molecule has 3 nitrogen and oxygen atoms in total. The molecule has 1 rings (SSSR count). The van der Waals surface area contributed by atoms with Crippen LogP contribution >= 0.6 is 12.6 Å². The van der Waals surface area contributed by atoms with Gasteiger partial charge in [-0.3, -0.25) is 9.59 Å². The standard InChI is InChI=1S/C9H6F2O3S/c10-9(11)14-7-1-5(3-12)6(4-13)2-8(7)15/h1-4,9,15H. The van der Waals surface area contributed by atoms with E-state index in [-0.39, 0.29) is 21.8 Å². The second kappa shape index (κ2) is 4.88. The van der Waals surface area contributed by atoms with Gasteiger partial charge in [0.1, 0.15) is 5.75 Å². The van der Waals surface area contributed by atoms with Crippen molar-refractivity contribution in [2.24, 2.45) is 0 Å². The van der Waals surface area contributed by atoms with Crippen molar-refractivity contribution >= 4 is 25.2 Å². The zero-order valence-corrected chi connectivity index (χ0v) is 8.21. The molecule has 0 fully saturated rings. The molecule has 0 aliphatic heterocycles. The van der Waals surface area contributed by atoms with Crippen molar-refractivity contribution in [2.75, 3.05) is 0 Å². The van der Waals surface area contributed by atoms with Gasteiger partial charge in [0.15, 0.2) is 12.6 Å². The number of carbonyl (C=O) groups excluding carboxylic acids is 2. The van der Waals surface area contributed by atoms with Gasteiger partial charge in [0.25, 0.3) is 0 Å². The summed E-state index contributed by atoms with van der Waals surface area (Å²) in [5, 5.41) is 0. The number of halogens is 2. The molecule has 0 aliphatic rings. The third kappa shape index (κ3) is 2.76. The maximum absolute atomic E-state index is 11.9. The molecule has 15 heavy (non-hydrogen) atoms. The molecule has 0 atom stereocenters. The van der Waals surface area contributed by atoms with E-state index in [1.165, 1.54) is 6.07 Å². The zero-order valence-electron chi connectivity index (χ0n) is 7.31. The van der Waals surface area contributed by atoms with Gasteiger partial charge >= 0.3 is 6.61 Å². The molecule has 0 spiro atoms.